The van der Waals surface area contributed by atoms with E-state index in [0.717, 1.165) is 15.2 Å². The number of nitrogens with zero attached hydrogens (tertiary/aromatic N) is 2. The highest BCUT2D eigenvalue weighted by Gasteiger charge is 2.34. The number of thiazole rings is 1. The fourth-order valence-electron chi connectivity index (χ4n) is 2.77. The van der Waals surface area contributed by atoms with Crippen molar-refractivity contribution < 1.29 is 17.9 Å². The number of amides is 1. The molecule has 7 nitrogen and oxygen atoms in total. The second-order valence-electron chi connectivity index (χ2n) is 6.35. The summed E-state index contributed by atoms with van der Waals surface area (Å²) in [6.45, 7) is 2.57. The molecule has 136 valence electrons. The third-order valence-corrected chi connectivity index (χ3v) is 7.15. The molecule has 0 radical (unpaired) electrons. The van der Waals surface area contributed by atoms with Gasteiger partial charge in [0.15, 0.2) is 0 Å². The Balaban J connectivity index is 1.72. The number of sulfonamides is 1. The Morgan fingerprint density at radius 2 is 2.16 bits per heavy atom. The highest BCUT2D eigenvalue weighted by Crippen LogP contribution is 2.23. The highest BCUT2D eigenvalue weighted by molar-refractivity contribution is 7.89. The molecule has 1 fully saturated rings. The molecule has 0 aliphatic carbocycles. The monoisotopic (exact) mass is 383 g/mol. The summed E-state index contributed by atoms with van der Waals surface area (Å²) in [6.07, 6.45) is 0. The van der Waals surface area contributed by atoms with E-state index < -0.39 is 10.0 Å². The maximum atomic E-state index is 12.6. The molecule has 9 heteroatoms. The number of carbonyl (C=O) groups excluding carboxylic acids is 1. The molecule has 2 atom stereocenters. The van der Waals surface area contributed by atoms with Crippen molar-refractivity contribution >= 4 is 37.5 Å². The molecule has 25 heavy (non-hydrogen) atoms. The first-order valence-electron chi connectivity index (χ1n) is 7.92. The number of hydrogen-bond donors (Lipinski definition) is 1. The van der Waals surface area contributed by atoms with Crippen LogP contribution in [0.15, 0.2) is 18.2 Å². The van der Waals surface area contributed by atoms with Crippen LogP contribution in [-0.4, -0.2) is 62.7 Å². The van der Waals surface area contributed by atoms with Gasteiger partial charge in [-0.3, -0.25) is 4.79 Å². The third kappa shape index (κ3) is 4.00. The third-order valence-electron chi connectivity index (χ3n) is 4.25. The van der Waals surface area contributed by atoms with Crippen LogP contribution in [-0.2, 0) is 14.8 Å². The molecule has 1 saturated heterocycles. The van der Waals surface area contributed by atoms with Crippen molar-refractivity contribution in [2.75, 3.05) is 33.1 Å². The van der Waals surface area contributed by atoms with Crippen molar-refractivity contribution in [3.05, 3.63) is 28.8 Å². The summed E-state index contributed by atoms with van der Waals surface area (Å²) in [4.78, 5) is 16.9. The number of rotatable bonds is 5. The number of fused-ring (bicyclic) bond motifs is 1. The molecule has 1 amide bonds. The fraction of sp³-hybridized carbons (Fsp3) is 0.500. The van der Waals surface area contributed by atoms with E-state index in [-0.39, 0.29) is 23.6 Å². The van der Waals surface area contributed by atoms with Crippen molar-refractivity contribution in [2.24, 2.45) is 5.92 Å². The lowest BCUT2D eigenvalue weighted by Gasteiger charge is -2.21. The largest absolute Gasteiger partial charge is 0.379 e. The van der Waals surface area contributed by atoms with Crippen LogP contribution in [0.5, 0.6) is 0 Å². The van der Waals surface area contributed by atoms with Gasteiger partial charge in [-0.2, -0.15) is 0 Å². The molecule has 0 unspecified atom stereocenters. The van der Waals surface area contributed by atoms with Crippen LogP contribution in [0.25, 0.3) is 10.2 Å². The van der Waals surface area contributed by atoms with Gasteiger partial charge in [0.25, 0.3) is 5.91 Å². The van der Waals surface area contributed by atoms with E-state index in [1.54, 1.807) is 6.07 Å². The molecule has 3 rings (SSSR count). The molecule has 1 aliphatic rings. The van der Waals surface area contributed by atoms with Crippen LogP contribution in [0, 0.1) is 12.8 Å². The number of nitrogens with one attached hydrogen (secondary N) is 1. The summed E-state index contributed by atoms with van der Waals surface area (Å²) < 4.78 is 31.7. The van der Waals surface area contributed by atoms with Crippen molar-refractivity contribution in [3.63, 3.8) is 0 Å². The lowest BCUT2D eigenvalue weighted by molar-refractivity contribution is 0.0926. The Labute approximate surface area is 151 Å². The molecule has 0 saturated carbocycles. The smallest absolute Gasteiger partial charge is 0.251 e. The van der Waals surface area contributed by atoms with Gasteiger partial charge in [-0.15, -0.1) is 11.3 Å². The van der Waals surface area contributed by atoms with E-state index in [1.165, 1.54) is 29.7 Å². The zero-order chi connectivity index (χ0) is 18.2. The lowest BCUT2D eigenvalue weighted by Crippen LogP contribution is -2.43. The van der Waals surface area contributed by atoms with Gasteiger partial charge in [0, 0.05) is 25.6 Å². The quantitative estimate of drug-likeness (QED) is 0.839. The maximum Gasteiger partial charge on any atom is 0.251 e. The van der Waals surface area contributed by atoms with Crippen LogP contribution < -0.4 is 5.32 Å². The number of ether oxygens (including phenoxy) is 1. The van der Waals surface area contributed by atoms with Gasteiger partial charge in [0.2, 0.25) is 10.0 Å². The molecular weight excluding hydrogens is 362 g/mol. The second-order valence-corrected chi connectivity index (χ2v) is 9.82. The SMILES string of the molecule is Cc1nc2ccc(C(=O)N[C@H]3COC[C@H]3CS(=O)(=O)N(C)C)cc2s1. The zero-order valence-electron chi connectivity index (χ0n) is 14.4. The van der Waals surface area contributed by atoms with Crippen molar-refractivity contribution in [2.45, 2.75) is 13.0 Å². The van der Waals surface area contributed by atoms with Gasteiger partial charge in [-0.1, -0.05) is 0 Å². The number of carbonyl (C=O) groups is 1. The van der Waals surface area contributed by atoms with Crippen LogP contribution in [0.2, 0.25) is 0 Å². The van der Waals surface area contributed by atoms with Gasteiger partial charge in [-0.05, 0) is 25.1 Å². The molecule has 2 heterocycles. The summed E-state index contributed by atoms with van der Waals surface area (Å²) in [5.74, 6) is -0.528. The topological polar surface area (TPSA) is 88.6 Å². The predicted octanol–water partition coefficient (Wildman–Crippen LogP) is 1.24. The summed E-state index contributed by atoms with van der Waals surface area (Å²) in [6, 6.07) is 5.06. The molecule has 0 bridgehead atoms. The Bertz CT molecular complexity index is 892. The van der Waals surface area contributed by atoms with Crippen LogP contribution in [0.1, 0.15) is 15.4 Å². The molecule has 0 spiro atoms. The van der Waals surface area contributed by atoms with E-state index in [9.17, 15) is 13.2 Å². The predicted molar refractivity (Wildman–Crippen MR) is 97.4 cm³/mol. The number of aromatic nitrogens is 1. The van der Waals surface area contributed by atoms with Crippen LogP contribution in [0.4, 0.5) is 0 Å². The Kier molecular flexibility index (Phi) is 5.10. The Morgan fingerprint density at radius 1 is 1.40 bits per heavy atom. The maximum absolute atomic E-state index is 12.6. The molecule has 1 aromatic carbocycles. The summed E-state index contributed by atoms with van der Waals surface area (Å²) in [5.41, 5.74) is 1.41. The number of hydrogen-bond acceptors (Lipinski definition) is 6. The Morgan fingerprint density at radius 3 is 2.88 bits per heavy atom. The average Bonchev–Trinajstić information content (AvgIpc) is 3.11. The van der Waals surface area contributed by atoms with E-state index in [2.05, 4.69) is 10.3 Å². The number of aryl methyl sites for hydroxylation is 1. The molecular formula is C16H21N3O4S2. The van der Waals surface area contributed by atoms with E-state index in [0.29, 0.717) is 18.8 Å². The average molecular weight is 383 g/mol. The van der Waals surface area contributed by atoms with Crippen LogP contribution >= 0.6 is 11.3 Å². The first kappa shape index (κ1) is 18.2. The van der Waals surface area contributed by atoms with Crippen molar-refractivity contribution in [3.8, 4) is 0 Å². The van der Waals surface area contributed by atoms with Gasteiger partial charge in [-0.25, -0.2) is 17.7 Å². The first-order valence-corrected chi connectivity index (χ1v) is 10.3. The highest BCUT2D eigenvalue weighted by atomic mass is 32.2. The fourth-order valence-corrected chi connectivity index (χ4v) is 4.81. The van der Waals surface area contributed by atoms with Crippen LogP contribution in [0.3, 0.4) is 0 Å². The van der Waals surface area contributed by atoms with Crippen molar-refractivity contribution in [1.29, 1.82) is 0 Å². The standard InChI is InChI=1S/C16H21N3O4S2/c1-10-17-13-5-4-11(6-15(13)24-10)16(20)18-14-8-23-7-12(14)9-25(21,22)19(2)3/h4-6,12,14H,7-9H2,1-3H3,(H,18,20)/t12-,14-/m0/s1. The van der Waals surface area contributed by atoms with Gasteiger partial charge < -0.3 is 10.1 Å². The van der Waals surface area contributed by atoms with Gasteiger partial charge in [0.1, 0.15) is 0 Å². The minimum atomic E-state index is -3.35. The Hall–Kier alpha value is -1.55. The molecule has 1 N–H and O–H groups in total. The molecule has 1 aliphatic heterocycles. The second kappa shape index (κ2) is 6.99. The summed E-state index contributed by atoms with van der Waals surface area (Å²) in [5, 5.41) is 3.87. The number of benzene rings is 1. The molecule has 2 aromatic rings. The first-order chi connectivity index (χ1) is 11.8. The minimum Gasteiger partial charge on any atom is -0.379 e. The lowest BCUT2D eigenvalue weighted by atomic mass is 10.1. The summed E-state index contributed by atoms with van der Waals surface area (Å²) >= 11 is 1.54. The van der Waals surface area contributed by atoms with Gasteiger partial charge in [0.05, 0.1) is 40.2 Å². The van der Waals surface area contributed by atoms with E-state index in [4.69, 9.17) is 4.74 Å². The van der Waals surface area contributed by atoms with E-state index in [1.807, 2.05) is 19.1 Å². The molecule has 1 aromatic heterocycles. The van der Waals surface area contributed by atoms with E-state index >= 15 is 0 Å². The minimum absolute atomic E-state index is 0.0436. The van der Waals surface area contributed by atoms with Gasteiger partial charge >= 0.3 is 0 Å². The zero-order valence-corrected chi connectivity index (χ0v) is 16.0. The summed E-state index contributed by atoms with van der Waals surface area (Å²) in [7, 11) is -0.336. The van der Waals surface area contributed by atoms with Crippen molar-refractivity contribution in [1.82, 2.24) is 14.6 Å². The normalized spacial score (nSPS) is 21.1.